The third kappa shape index (κ3) is 2.82. The van der Waals surface area contributed by atoms with Gasteiger partial charge in [0.2, 0.25) is 5.91 Å². The van der Waals surface area contributed by atoms with Gasteiger partial charge >= 0.3 is 0 Å². The van der Waals surface area contributed by atoms with Gasteiger partial charge in [-0.2, -0.15) is 0 Å². The largest absolute Gasteiger partial charge is 0.335 e. The van der Waals surface area contributed by atoms with Crippen molar-refractivity contribution in [2.75, 3.05) is 13.1 Å². The van der Waals surface area contributed by atoms with E-state index in [0.717, 1.165) is 19.5 Å². The van der Waals surface area contributed by atoms with Crippen molar-refractivity contribution in [2.24, 2.45) is 11.3 Å². The fourth-order valence-corrected chi connectivity index (χ4v) is 3.21. The molecule has 0 bridgehead atoms. The molecule has 0 aliphatic carbocycles. The average Bonchev–Trinajstić information content (AvgIpc) is 2.72. The Labute approximate surface area is 105 Å². The number of amides is 1. The molecular formula is C14H26N2O. The van der Waals surface area contributed by atoms with Crippen LogP contribution in [0.1, 0.15) is 47.0 Å². The number of nitrogens with one attached hydrogen (secondary N) is 1. The summed E-state index contributed by atoms with van der Waals surface area (Å²) in [5.41, 5.74) is 0.256. The van der Waals surface area contributed by atoms with Gasteiger partial charge in [-0.15, -0.1) is 0 Å². The van der Waals surface area contributed by atoms with Crippen LogP contribution in [0.4, 0.5) is 0 Å². The molecule has 3 atom stereocenters. The second kappa shape index (κ2) is 4.60. The lowest BCUT2D eigenvalue weighted by molar-refractivity contribution is -0.134. The van der Waals surface area contributed by atoms with E-state index in [1.807, 2.05) is 0 Å². The summed E-state index contributed by atoms with van der Waals surface area (Å²) >= 11 is 0. The average molecular weight is 238 g/mol. The third-order valence-electron chi connectivity index (χ3n) is 4.16. The molecule has 3 unspecified atom stereocenters. The van der Waals surface area contributed by atoms with E-state index in [-0.39, 0.29) is 5.41 Å². The van der Waals surface area contributed by atoms with E-state index in [1.165, 1.54) is 6.42 Å². The van der Waals surface area contributed by atoms with Crippen molar-refractivity contribution in [3.05, 3.63) is 0 Å². The number of likely N-dealkylation sites (tertiary alicyclic amines) is 1. The molecule has 2 aliphatic heterocycles. The summed E-state index contributed by atoms with van der Waals surface area (Å²) < 4.78 is 0. The Morgan fingerprint density at radius 1 is 1.35 bits per heavy atom. The van der Waals surface area contributed by atoms with Gasteiger partial charge < -0.3 is 10.2 Å². The highest BCUT2D eigenvalue weighted by Gasteiger charge is 2.43. The summed E-state index contributed by atoms with van der Waals surface area (Å²) in [5, 5.41) is 3.41. The number of rotatable bonds is 2. The van der Waals surface area contributed by atoms with Gasteiger partial charge in [-0.05, 0) is 31.1 Å². The van der Waals surface area contributed by atoms with Crippen LogP contribution >= 0.6 is 0 Å². The Kier molecular flexibility index (Phi) is 3.48. The molecule has 3 heteroatoms. The van der Waals surface area contributed by atoms with E-state index >= 15 is 0 Å². The van der Waals surface area contributed by atoms with E-state index < -0.39 is 0 Å². The summed E-state index contributed by atoms with van der Waals surface area (Å²) in [4.78, 5) is 14.5. The fraction of sp³-hybridized carbons (Fsp3) is 0.929. The summed E-state index contributed by atoms with van der Waals surface area (Å²) in [6, 6.07) is 0.914. The Morgan fingerprint density at radius 2 is 2.06 bits per heavy atom. The first-order valence-electron chi connectivity index (χ1n) is 6.90. The van der Waals surface area contributed by atoms with Crippen molar-refractivity contribution in [3.8, 4) is 0 Å². The SMILES string of the molecule is CC1CC2CNCC2N1C(=O)CCC(C)(C)C. The smallest absolute Gasteiger partial charge is 0.223 e. The summed E-state index contributed by atoms with van der Waals surface area (Å²) in [7, 11) is 0. The zero-order valence-corrected chi connectivity index (χ0v) is 11.6. The maximum absolute atomic E-state index is 12.3. The second-order valence-electron chi connectivity index (χ2n) is 6.93. The number of carbonyl (C=O) groups is 1. The fourth-order valence-electron chi connectivity index (χ4n) is 3.21. The summed E-state index contributed by atoms with van der Waals surface area (Å²) in [6.07, 6.45) is 2.87. The first-order valence-corrected chi connectivity index (χ1v) is 6.90. The van der Waals surface area contributed by atoms with Crippen LogP contribution in [0.2, 0.25) is 0 Å². The summed E-state index contributed by atoms with van der Waals surface area (Å²) in [6.45, 7) is 10.9. The van der Waals surface area contributed by atoms with Crippen LogP contribution in [-0.4, -0.2) is 36.0 Å². The van der Waals surface area contributed by atoms with Gasteiger partial charge in [0.1, 0.15) is 0 Å². The van der Waals surface area contributed by atoms with Crippen LogP contribution in [0.5, 0.6) is 0 Å². The van der Waals surface area contributed by atoms with Crippen LogP contribution in [0, 0.1) is 11.3 Å². The van der Waals surface area contributed by atoms with E-state index in [9.17, 15) is 4.79 Å². The van der Waals surface area contributed by atoms with Crippen LogP contribution < -0.4 is 5.32 Å². The minimum atomic E-state index is 0.256. The maximum atomic E-state index is 12.3. The molecule has 0 aromatic heterocycles. The number of fused-ring (bicyclic) bond motifs is 1. The van der Waals surface area contributed by atoms with Crippen molar-refractivity contribution < 1.29 is 4.79 Å². The zero-order chi connectivity index (χ0) is 12.6. The lowest BCUT2D eigenvalue weighted by Crippen LogP contribution is -2.42. The zero-order valence-electron chi connectivity index (χ0n) is 11.6. The number of carbonyl (C=O) groups excluding carboxylic acids is 1. The molecule has 0 radical (unpaired) electrons. The molecule has 2 saturated heterocycles. The Bertz CT molecular complexity index is 295. The van der Waals surface area contributed by atoms with E-state index in [2.05, 4.69) is 37.9 Å². The highest BCUT2D eigenvalue weighted by Crippen LogP contribution is 2.33. The molecular weight excluding hydrogens is 212 g/mol. The van der Waals surface area contributed by atoms with Crippen molar-refractivity contribution in [3.63, 3.8) is 0 Å². The minimum absolute atomic E-state index is 0.256. The minimum Gasteiger partial charge on any atom is -0.335 e. The van der Waals surface area contributed by atoms with Gasteiger partial charge in [-0.3, -0.25) is 4.79 Å². The highest BCUT2D eigenvalue weighted by molar-refractivity contribution is 5.77. The lowest BCUT2D eigenvalue weighted by Gasteiger charge is -2.29. The van der Waals surface area contributed by atoms with Gasteiger partial charge in [0.25, 0.3) is 0 Å². The standard InChI is InChI=1S/C14H26N2O/c1-10-7-11-8-15-9-12(11)16(10)13(17)5-6-14(2,3)4/h10-12,15H,5-9H2,1-4H3. The first kappa shape index (κ1) is 12.9. The van der Waals surface area contributed by atoms with Gasteiger partial charge in [0.05, 0.1) is 0 Å². The monoisotopic (exact) mass is 238 g/mol. The molecule has 0 aromatic rings. The first-order chi connectivity index (χ1) is 7.88. The van der Waals surface area contributed by atoms with Gasteiger partial charge in [-0.1, -0.05) is 20.8 Å². The molecule has 17 heavy (non-hydrogen) atoms. The number of nitrogens with zero attached hydrogens (tertiary/aromatic N) is 1. The van der Waals surface area contributed by atoms with E-state index in [0.29, 0.717) is 30.3 Å². The molecule has 2 heterocycles. The van der Waals surface area contributed by atoms with Gasteiger partial charge in [0, 0.05) is 31.6 Å². The van der Waals surface area contributed by atoms with Crippen LogP contribution in [-0.2, 0) is 4.79 Å². The van der Waals surface area contributed by atoms with Crippen LogP contribution in [0.25, 0.3) is 0 Å². The molecule has 0 spiro atoms. The molecule has 0 aromatic carbocycles. The predicted molar refractivity (Wildman–Crippen MR) is 69.8 cm³/mol. The molecule has 2 fully saturated rings. The lowest BCUT2D eigenvalue weighted by atomic mass is 9.90. The molecule has 1 amide bonds. The molecule has 0 saturated carbocycles. The second-order valence-corrected chi connectivity index (χ2v) is 6.93. The Hall–Kier alpha value is -0.570. The molecule has 98 valence electrons. The topological polar surface area (TPSA) is 32.3 Å². The quantitative estimate of drug-likeness (QED) is 0.798. The van der Waals surface area contributed by atoms with Crippen LogP contribution in [0.3, 0.4) is 0 Å². The number of hydrogen-bond acceptors (Lipinski definition) is 2. The Balaban J connectivity index is 1.94. The predicted octanol–water partition coefficient (Wildman–Crippen LogP) is 2.02. The molecule has 2 rings (SSSR count). The van der Waals surface area contributed by atoms with Crippen molar-refractivity contribution in [1.29, 1.82) is 0 Å². The van der Waals surface area contributed by atoms with Crippen molar-refractivity contribution >= 4 is 5.91 Å². The maximum Gasteiger partial charge on any atom is 0.223 e. The summed E-state index contributed by atoms with van der Waals surface area (Å²) in [5.74, 6) is 1.06. The number of hydrogen-bond donors (Lipinski definition) is 1. The molecule has 2 aliphatic rings. The highest BCUT2D eigenvalue weighted by atomic mass is 16.2. The molecule has 3 nitrogen and oxygen atoms in total. The van der Waals surface area contributed by atoms with E-state index in [1.54, 1.807) is 0 Å². The van der Waals surface area contributed by atoms with Crippen molar-refractivity contribution in [1.82, 2.24) is 10.2 Å². The Morgan fingerprint density at radius 3 is 2.71 bits per heavy atom. The third-order valence-corrected chi connectivity index (χ3v) is 4.16. The van der Waals surface area contributed by atoms with Gasteiger partial charge in [-0.25, -0.2) is 0 Å². The van der Waals surface area contributed by atoms with Gasteiger partial charge in [0.15, 0.2) is 0 Å². The van der Waals surface area contributed by atoms with Crippen LogP contribution in [0.15, 0.2) is 0 Å². The van der Waals surface area contributed by atoms with E-state index in [4.69, 9.17) is 0 Å². The molecule has 1 N–H and O–H groups in total. The van der Waals surface area contributed by atoms with Crippen molar-refractivity contribution in [2.45, 2.75) is 59.0 Å². The normalized spacial score (nSPS) is 32.9.